The molecule has 2 aliphatic carbocycles. The Morgan fingerprint density at radius 3 is 2.75 bits per heavy atom. The highest BCUT2D eigenvalue weighted by molar-refractivity contribution is 7.14. The van der Waals surface area contributed by atoms with E-state index in [1.807, 2.05) is 18.2 Å². The zero-order valence-electron chi connectivity index (χ0n) is 19.4. The van der Waals surface area contributed by atoms with Crippen molar-refractivity contribution in [2.24, 2.45) is 5.92 Å². The van der Waals surface area contributed by atoms with Crippen LogP contribution in [0.3, 0.4) is 0 Å². The molecule has 2 saturated carbocycles. The number of carbonyl (C=O) groups is 2. The van der Waals surface area contributed by atoms with Gasteiger partial charge in [0.1, 0.15) is 17.2 Å². The van der Waals surface area contributed by atoms with Crippen LogP contribution in [0.1, 0.15) is 51.4 Å². The van der Waals surface area contributed by atoms with E-state index in [9.17, 15) is 9.59 Å². The summed E-state index contributed by atoms with van der Waals surface area (Å²) in [4.78, 5) is 33.8. The number of nitrogens with one attached hydrogen (secondary N) is 2. The van der Waals surface area contributed by atoms with Crippen molar-refractivity contribution in [3.8, 4) is 16.7 Å². The Hall–Kier alpha value is -3.43. The van der Waals surface area contributed by atoms with Crippen molar-refractivity contribution in [1.29, 1.82) is 0 Å². The summed E-state index contributed by atoms with van der Waals surface area (Å²) >= 11 is 7.70. The van der Waals surface area contributed by atoms with Gasteiger partial charge in [-0.25, -0.2) is 4.98 Å². The maximum absolute atomic E-state index is 12.5. The number of amides is 2. The Morgan fingerprint density at radius 1 is 1.11 bits per heavy atom. The van der Waals surface area contributed by atoms with Gasteiger partial charge in [0.05, 0.1) is 16.5 Å². The molecule has 2 aliphatic rings. The van der Waals surface area contributed by atoms with E-state index < -0.39 is 0 Å². The van der Waals surface area contributed by atoms with Gasteiger partial charge in [-0.05, 0) is 61.9 Å². The van der Waals surface area contributed by atoms with Gasteiger partial charge in [-0.2, -0.15) is 0 Å². The van der Waals surface area contributed by atoms with E-state index in [0.29, 0.717) is 34.0 Å². The zero-order chi connectivity index (χ0) is 24.9. The van der Waals surface area contributed by atoms with Gasteiger partial charge in [0.25, 0.3) is 17.0 Å². The number of benzene rings is 1. The minimum atomic E-state index is -0.282. The summed E-state index contributed by atoms with van der Waals surface area (Å²) in [5, 5.41) is 6.60. The number of thiazole rings is 1. The number of aromatic nitrogens is 2. The molecular weight excluding hydrogens is 500 g/mol. The van der Waals surface area contributed by atoms with Crippen LogP contribution in [0, 0.1) is 5.92 Å². The van der Waals surface area contributed by atoms with Crippen LogP contribution in [0.4, 0.5) is 0 Å². The van der Waals surface area contributed by atoms with Crippen molar-refractivity contribution in [3.63, 3.8) is 0 Å². The number of halogens is 1. The fraction of sp³-hybridized carbons (Fsp3) is 0.308. The largest absolute Gasteiger partial charge is 0.493 e. The summed E-state index contributed by atoms with van der Waals surface area (Å²) in [6.07, 6.45) is 11.3. The van der Waals surface area contributed by atoms with Gasteiger partial charge in [0, 0.05) is 36.6 Å². The predicted octanol–water partition coefficient (Wildman–Crippen LogP) is 5.11. The highest BCUT2D eigenvalue weighted by atomic mass is 35.5. The van der Waals surface area contributed by atoms with E-state index in [0.717, 1.165) is 30.1 Å². The number of hydrogen-bond acceptors (Lipinski definition) is 7. The Labute approximate surface area is 217 Å². The lowest BCUT2D eigenvalue weighted by atomic mass is 10.2. The standard InChI is InChI=1S/C26H25ClN4O4S/c27-21-13-19(34-15-16-3-4-16)7-8-23(21)35-26-30-14-20(36-26)2-1-10-29-24(32)17-9-11-28-22(12-17)25(33)31-18-5-6-18/h1-2,7-9,11-14,16,18H,3-6,10,15H2,(H,29,32)(H,31,33)/b2-1+. The van der Waals surface area contributed by atoms with Crippen LogP contribution >= 0.6 is 22.9 Å². The van der Waals surface area contributed by atoms with Crippen molar-refractivity contribution in [2.75, 3.05) is 13.2 Å². The fourth-order valence-electron chi connectivity index (χ4n) is 3.25. The topological polar surface area (TPSA) is 102 Å². The smallest absolute Gasteiger partial charge is 0.279 e. The average Bonchev–Trinajstić information content (AvgIpc) is 3.82. The molecule has 2 aromatic heterocycles. The third kappa shape index (κ3) is 6.83. The first-order chi connectivity index (χ1) is 17.5. The van der Waals surface area contributed by atoms with E-state index in [2.05, 4.69) is 20.6 Å². The molecule has 0 atom stereocenters. The molecular formula is C26H25ClN4O4S. The summed E-state index contributed by atoms with van der Waals surface area (Å²) in [6.45, 7) is 1.04. The molecule has 2 amide bonds. The maximum atomic E-state index is 12.5. The summed E-state index contributed by atoms with van der Waals surface area (Å²) in [6, 6.07) is 8.68. The molecule has 2 fully saturated rings. The molecule has 0 aliphatic heterocycles. The molecule has 8 nitrogen and oxygen atoms in total. The van der Waals surface area contributed by atoms with Crippen LogP contribution in [-0.2, 0) is 0 Å². The van der Waals surface area contributed by atoms with Gasteiger partial charge in [0.15, 0.2) is 0 Å². The fourth-order valence-corrected chi connectivity index (χ4v) is 4.17. The van der Waals surface area contributed by atoms with Gasteiger partial charge >= 0.3 is 0 Å². The molecule has 2 heterocycles. The molecule has 186 valence electrons. The quantitative estimate of drug-likeness (QED) is 0.361. The Kier molecular flexibility index (Phi) is 7.48. The predicted molar refractivity (Wildman–Crippen MR) is 138 cm³/mol. The molecule has 0 saturated heterocycles. The lowest BCUT2D eigenvalue weighted by Crippen LogP contribution is -2.27. The Balaban J connectivity index is 1.09. The highest BCUT2D eigenvalue weighted by Crippen LogP contribution is 2.35. The normalized spacial score (nSPS) is 15.0. The van der Waals surface area contributed by atoms with E-state index in [-0.39, 0.29) is 23.6 Å². The SMILES string of the molecule is O=C(NC/C=C/c1cnc(Oc2ccc(OCC3CC3)cc2Cl)s1)c1ccnc(C(=O)NC2CC2)c1. The van der Waals surface area contributed by atoms with Gasteiger partial charge in [-0.15, -0.1) is 0 Å². The second-order valence-electron chi connectivity index (χ2n) is 8.77. The summed E-state index contributed by atoms with van der Waals surface area (Å²) in [5.41, 5.74) is 0.622. The molecule has 0 radical (unpaired) electrons. The van der Waals surface area contributed by atoms with Gasteiger partial charge in [-0.1, -0.05) is 29.0 Å². The Morgan fingerprint density at radius 2 is 1.97 bits per heavy atom. The van der Waals surface area contributed by atoms with Crippen LogP contribution in [0.2, 0.25) is 5.02 Å². The summed E-state index contributed by atoms with van der Waals surface area (Å²) in [7, 11) is 0. The first kappa shape index (κ1) is 24.3. The van der Waals surface area contributed by atoms with Crippen molar-refractivity contribution < 1.29 is 19.1 Å². The van der Waals surface area contributed by atoms with Gasteiger partial charge < -0.3 is 20.1 Å². The molecule has 3 aromatic rings. The third-order valence-electron chi connectivity index (χ3n) is 5.62. The van der Waals surface area contributed by atoms with Crippen LogP contribution in [0.5, 0.6) is 16.7 Å². The van der Waals surface area contributed by atoms with Gasteiger partial charge in [-0.3, -0.25) is 14.6 Å². The Bertz CT molecular complexity index is 1290. The average molecular weight is 525 g/mol. The number of hydrogen-bond donors (Lipinski definition) is 2. The number of pyridine rings is 1. The molecule has 36 heavy (non-hydrogen) atoms. The van der Waals surface area contributed by atoms with E-state index in [4.69, 9.17) is 21.1 Å². The lowest BCUT2D eigenvalue weighted by molar-refractivity contribution is 0.0946. The minimum Gasteiger partial charge on any atom is -0.493 e. The number of ether oxygens (including phenoxy) is 2. The first-order valence-corrected chi connectivity index (χ1v) is 13.0. The molecule has 1 aromatic carbocycles. The second-order valence-corrected chi connectivity index (χ2v) is 10.2. The van der Waals surface area contributed by atoms with Gasteiger partial charge in [0.2, 0.25) is 0 Å². The first-order valence-electron chi connectivity index (χ1n) is 11.8. The third-order valence-corrected chi connectivity index (χ3v) is 6.75. The zero-order valence-corrected chi connectivity index (χ0v) is 21.0. The highest BCUT2D eigenvalue weighted by Gasteiger charge is 2.24. The van der Waals surface area contributed by atoms with Crippen LogP contribution in [-0.4, -0.2) is 41.0 Å². The molecule has 5 rings (SSSR count). The van der Waals surface area contributed by atoms with Crippen LogP contribution in [0.25, 0.3) is 6.08 Å². The monoisotopic (exact) mass is 524 g/mol. The molecule has 0 unspecified atom stereocenters. The van der Waals surface area contributed by atoms with Crippen molar-refractivity contribution in [2.45, 2.75) is 31.7 Å². The minimum absolute atomic E-state index is 0.230. The number of carbonyl (C=O) groups excluding carboxylic acids is 2. The van der Waals surface area contributed by atoms with Crippen molar-refractivity contribution >= 4 is 40.8 Å². The van der Waals surface area contributed by atoms with Crippen molar-refractivity contribution in [3.05, 3.63) is 70.0 Å². The summed E-state index contributed by atoms with van der Waals surface area (Å²) < 4.78 is 11.6. The maximum Gasteiger partial charge on any atom is 0.279 e. The summed E-state index contributed by atoms with van der Waals surface area (Å²) in [5.74, 6) is 1.37. The lowest BCUT2D eigenvalue weighted by Gasteiger charge is -2.08. The second kappa shape index (κ2) is 11.1. The van der Waals surface area contributed by atoms with Crippen molar-refractivity contribution in [1.82, 2.24) is 20.6 Å². The number of rotatable bonds is 11. The van der Waals surface area contributed by atoms with E-state index >= 15 is 0 Å². The molecule has 0 spiro atoms. The molecule has 2 N–H and O–H groups in total. The molecule has 10 heteroatoms. The molecule has 0 bridgehead atoms. The van der Waals surface area contributed by atoms with Crippen LogP contribution in [0.15, 0.2) is 48.8 Å². The van der Waals surface area contributed by atoms with E-state index in [1.165, 1.54) is 36.4 Å². The van der Waals surface area contributed by atoms with Crippen LogP contribution < -0.4 is 20.1 Å². The van der Waals surface area contributed by atoms with E-state index in [1.54, 1.807) is 24.4 Å². The number of nitrogens with zero attached hydrogens (tertiary/aromatic N) is 2.